The number of carboxylic acid groups (broad SMARTS) is 1. The summed E-state index contributed by atoms with van der Waals surface area (Å²) in [6, 6.07) is 15.6. The third-order valence-electron chi connectivity index (χ3n) is 7.47. The third kappa shape index (κ3) is 5.57. The Morgan fingerprint density at radius 3 is 2.70 bits per heavy atom. The average molecular weight is 608 g/mol. The Balaban J connectivity index is 1.47. The van der Waals surface area contributed by atoms with Crippen LogP contribution in [0.3, 0.4) is 0 Å². The molecule has 4 heterocycles. The number of aromatic carboxylic acids is 1. The molecule has 1 aliphatic heterocycles. The Morgan fingerprint density at radius 2 is 1.89 bits per heavy atom. The largest absolute Gasteiger partial charge is 0.493 e. The Hall–Kier alpha value is -5.29. The summed E-state index contributed by atoms with van der Waals surface area (Å²) in [6.45, 7) is 2.89. The van der Waals surface area contributed by atoms with Crippen LogP contribution in [0.4, 0.5) is 11.5 Å². The van der Waals surface area contributed by atoms with E-state index in [1.165, 1.54) is 12.1 Å². The normalized spacial score (nSPS) is 12.0. The maximum Gasteiger partial charge on any atom is 0.355 e. The highest BCUT2D eigenvalue weighted by atomic mass is 32.1. The minimum Gasteiger partial charge on any atom is -0.493 e. The first kappa shape index (κ1) is 28.8. The Morgan fingerprint density at radius 1 is 1.02 bits per heavy atom. The van der Waals surface area contributed by atoms with Crippen molar-refractivity contribution in [1.82, 2.24) is 15.3 Å². The zero-order valence-electron chi connectivity index (χ0n) is 23.8. The van der Waals surface area contributed by atoms with Gasteiger partial charge in [0.25, 0.3) is 11.8 Å². The van der Waals surface area contributed by atoms with Crippen molar-refractivity contribution in [1.29, 1.82) is 0 Å². The van der Waals surface area contributed by atoms with E-state index in [-0.39, 0.29) is 22.5 Å². The highest BCUT2D eigenvalue weighted by molar-refractivity contribution is 7.13. The molecule has 10 nitrogen and oxygen atoms in total. The number of fused-ring (bicyclic) bond motifs is 4. The molecule has 5 N–H and O–H groups in total. The maximum absolute atomic E-state index is 14.0. The van der Waals surface area contributed by atoms with Crippen LogP contribution in [-0.4, -0.2) is 46.0 Å². The summed E-state index contributed by atoms with van der Waals surface area (Å²) in [5, 5.41) is 19.5. The second-order valence-electron chi connectivity index (χ2n) is 10.4. The Kier molecular flexibility index (Phi) is 7.95. The first-order valence-corrected chi connectivity index (χ1v) is 15.1. The van der Waals surface area contributed by atoms with E-state index in [9.17, 15) is 19.5 Å². The Labute approximate surface area is 256 Å². The van der Waals surface area contributed by atoms with Gasteiger partial charge in [-0.05, 0) is 77.3 Å². The summed E-state index contributed by atoms with van der Waals surface area (Å²) >= 11 is 1.55. The molecule has 6 rings (SSSR count). The quantitative estimate of drug-likeness (QED) is 0.156. The molecule has 1 aliphatic rings. The number of carbonyl (C=O) groups excluding carboxylic acids is 2. The molecule has 0 bridgehead atoms. The van der Waals surface area contributed by atoms with Crippen LogP contribution < -0.4 is 21.1 Å². The molecule has 0 unspecified atom stereocenters. The molecule has 0 saturated carbocycles. The van der Waals surface area contributed by atoms with Crippen molar-refractivity contribution in [2.75, 3.05) is 24.2 Å². The standard InChI is InChI=1S/C33H29N5O5S/c1-2-3-11-36-32(40)26-7-6-22(28(38-26)33(41)42)23-17-27-25(29-18(9-13-43-27)10-14-44-29)16-24(23)31(39)37-20-4-5-21-19(15-20)8-12-35-30(21)34/h4-8,10,12,14-17H,2-3,9,11,13H2,1H3,(H2,34,35)(H,36,40)(H,37,39)(H,41,42). The van der Waals surface area contributed by atoms with Gasteiger partial charge in [0.1, 0.15) is 17.3 Å². The molecule has 2 aromatic carbocycles. The van der Waals surface area contributed by atoms with Crippen molar-refractivity contribution in [3.63, 3.8) is 0 Å². The number of nitrogens with one attached hydrogen (secondary N) is 2. The molecule has 5 aromatic rings. The highest BCUT2D eigenvalue weighted by Gasteiger charge is 2.26. The number of anilines is 2. The van der Waals surface area contributed by atoms with Gasteiger partial charge in [0.2, 0.25) is 0 Å². The summed E-state index contributed by atoms with van der Waals surface area (Å²) < 4.78 is 6.11. The van der Waals surface area contributed by atoms with Crippen molar-refractivity contribution < 1.29 is 24.2 Å². The van der Waals surface area contributed by atoms with Gasteiger partial charge < -0.3 is 26.2 Å². The smallest absolute Gasteiger partial charge is 0.355 e. The van der Waals surface area contributed by atoms with Gasteiger partial charge in [0, 0.05) is 57.4 Å². The lowest BCUT2D eigenvalue weighted by molar-refractivity contribution is 0.0691. The van der Waals surface area contributed by atoms with Crippen molar-refractivity contribution in [3.8, 4) is 27.3 Å². The fraction of sp³-hybridized carbons (Fsp3) is 0.182. The molecule has 0 fully saturated rings. The van der Waals surface area contributed by atoms with E-state index in [1.54, 1.807) is 53.9 Å². The van der Waals surface area contributed by atoms with E-state index in [2.05, 4.69) is 20.6 Å². The molecular formula is C33H29N5O5S. The number of carboxylic acids is 1. The van der Waals surface area contributed by atoms with Gasteiger partial charge in [-0.3, -0.25) is 9.59 Å². The second-order valence-corrected chi connectivity index (χ2v) is 11.3. The van der Waals surface area contributed by atoms with Crippen LogP contribution in [0.5, 0.6) is 5.75 Å². The number of benzene rings is 2. The van der Waals surface area contributed by atoms with Crippen molar-refractivity contribution >= 4 is 51.4 Å². The molecule has 0 radical (unpaired) electrons. The van der Waals surface area contributed by atoms with E-state index < -0.39 is 17.8 Å². The summed E-state index contributed by atoms with van der Waals surface area (Å²) in [7, 11) is 0. The predicted octanol–water partition coefficient (Wildman–Crippen LogP) is 6.02. The number of ether oxygens (including phenoxy) is 1. The van der Waals surface area contributed by atoms with Gasteiger partial charge in [-0.2, -0.15) is 0 Å². The molecule has 0 spiro atoms. The third-order valence-corrected chi connectivity index (χ3v) is 8.46. The maximum atomic E-state index is 14.0. The monoisotopic (exact) mass is 607 g/mol. The van der Waals surface area contributed by atoms with Gasteiger partial charge in [-0.1, -0.05) is 13.3 Å². The van der Waals surface area contributed by atoms with Crippen LogP contribution >= 0.6 is 11.3 Å². The van der Waals surface area contributed by atoms with Crippen LogP contribution in [0.2, 0.25) is 0 Å². The van der Waals surface area contributed by atoms with E-state index in [0.717, 1.165) is 39.6 Å². The number of carbonyl (C=O) groups is 3. The number of hydrogen-bond acceptors (Lipinski definition) is 8. The predicted molar refractivity (Wildman–Crippen MR) is 170 cm³/mol. The summed E-state index contributed by atoms with van der Waals surface area (Å²) in [5.74, 6) is -1.33. The van der Waals surface area contributed by atoms with Crippen LogP contribution in [-0.2, 0) is 6.42 Å². The zero-order chi connectivity index (χ0) is 30.8. The van der Waals surface area contributed by atoms with Crippen LogP contribution in [0, 0.1) is 0 Å². The molecular weight excluding hydrogens is 578 g/mol. The number of amides is 2. The van der Waals surface area contributed by atoms with E-state index in [1.807, 2.05) is 18.4 Å². The van der Waals surface area contributed by atoms with Crippen LogP contribution in [0.25, 0.3) is 32.3 Å². The molecule has 0 aliphatic carbocycles. The van der Waals surface area contributed by atoms with Crippen LogP contribution in [0.15, 0.2) is 66.2 Å². The van der Waals surface area contributed by atoms with Gasteiger partial charge in [0.05, 0.1) is 6.61 Å². The summed E-state index contributed by atoms with van der Waals surface area (Å²) in [5.41, 5.74) is 8.75. The molecule has 11 heteroatoms. The SMILES string of the molecule is CCCCNC(=O)c1ccc(-c2cc3c(cc2C(=O)Nc2ccc4c(N)nccc4c2)-c2sccc2CCO3)c(C(=O)O)n1. The number of thiophene rings is 1. The van der Waals surface area contributed by atoms with Gasteiger partial charge in [-0.25, -0.2) is 14.8 Å². The highest BCUT2D eigenvalue weighted by Crippen LogP contribution is 2.43. The fourth-order valence-corrected chi connectivity index (χ4v) is 6.22. The zero-order valence-corrected chi connectivity index (χ0v) is 24.7. The van der Waals surface area contributed by atoms with Crippen molar-refractivity contribution in [2.45, 2.75) is 26.2 Å². The first-order valence-electron chi connectivity index (χ1n) is 14.2. The number of nitrogens with zero attached hydrogens (tertiary/aromatic N) is 2. The minimum absolute atomic E-state index is 0.0209. The molecule has 2 amide bonds. The van der Waals surface area contributed by atoms with Crippen molar-refractivity contribution in [3.05, 3.63) is 88.7 Å². The lowest BCUT2D eigenvalue weighted by atomic mass is 9.93. The molecule has 0 atom stereocenters. The number of nitrogens with two attached hydrogens (primary N) is 1. The summed E-state index contributed by atoms with van der Waals surface area (Å²) in [4.78, 5) is 48.5. The second kappa shape index (κ2) is 12.1. The number of rotatable bonds is 8. The van der Waals surface area contributed by atoms with E-state index in [0.29, 0.717) is 42.4 Å². The average Bonchev–Trinajstić information content (AvgIpc) is 3.42. The first-order chi connectivity index (χ1) is 21.3. The van der Waals surface area contributed by atoms with Gasteiger partial charge in [-0.15, -0.1) is 11.3 Å². The number of nitrogen functional groups attached to an aromatic ring is 1. The van der Waals surface area contributed by atoms with E-state index in [4.69, 9.17) is 10.5 Å². The van der Waals surface area contributed by atoms with Crippen LogP contribution in [0.1, 0.15) is 56.7 Å². The lowest BCUT2D eigenvalue weighted by Crippen LogP contribution is -2.26. The van der Waals surface area contributed by atoms with Gasteiger partial charge >= 0.3 is 5.97 Å². The topological polar surface area (TPSA) is 157 Å². The molecule has 3 aromatic heterocycles. The number of unbranched alkanes of at least 4 members (excludes halogenated alkanes) is 1. The lowest BCUT2D eigenvalue weighted by Gasteiger charge is -2.17. The number of hydrogen-bond donors (Lipinski definition) is 4. The molecule has 0 saturated heterocycles. The molecule has 44 heavy (non-hydrogen) atoms. The minimum atomic E-state index is -1.33. The van der Waals surface area contributed by atoms with Crippen molar-refractivity contribution in [2.24, 2.45) is 0 Å². The summed E-state index contributed by atoms with van der Waals surface area (Å²) in [6.07, 6.45) is 3.98. The van der Waals surface area contributed by atoms with Gasteiger partial charge in [0.15, 0.2) is 5.69 Å². The number of pyridine rings is 2. The Bertz CT molecular complexity index is 1940. The van der Waals surface area contributed by atoms with E-state index >= 15 is 0 Å². The number of aromatic nitrogens is 2. The fourth-order valence-electron chi connectivity index (χ4n) is 5.24. The molecule has 222 valence electrons.